The van der Waals surface area contributed by atoms with E-state index < -0.39 is 10.0 Å². The number of hydrogen-bond acceptors (Lipinski definition) is 3. The van der Waals surface area contributed by atoms with E-state index in [1.165, 1.54) is 12.1 Å². The van der Waals surface area contributed by atoms with Crippen molar-refractivity contribution < 1.29 is 13.2 Å². The highest BCUT2D eigenvalue weighted by molar-refractivity contribution is 9.10. The Morgan fingerprint density at radius 3 is 2.57 bits per heavy atom. The summed E-state index contributed by atoms with van der Waals surface area (Å²) >= 11 is 3.23. The standard InChI is InChI=1S/C14H19BrN2O3S/c1-9(2)10-3-4-17(8-10)14(18)11-5-12(15)7-13(6-11)21(16,19)20/h5-7,9-10H,3-4,8H2,1-2H3,(H2,16,19,20). The van der Waals surface area contributed by atoms with Crippen LogP contribution < -0.4 is 5.14 Å². The average molecular weight is 375 g/mol. The van der Waals surface area contributed by atoms with Crippen LogP contribution in [-0.4, -0.2) is 32.3 Å². The van der Waals surface area contributed by atoms with Crippen molar-refractivity contribution in [1.82, 2.24) is 4.90 Å². The van der Waals surface area contributed by atoms with Gasteiger partial charge in [-0.2, -0.15) is 0 Å². The van der Waals surface area contributed by atoms with Crippen LogP contribution in [0.2, 0.25) is 0 Å². The number of hydrogen-bond donors (Lipinski definition) is 1. The molecular formula is C14H19BrN2O3S. The molecular weight excluding hydrogens is 356 g/mol. The quantitative estimate of drug-likeness (QED) is 0.880. The van der Waals surface area contributed by atoms with E-state index in [9.17, 15) is 13.2 Å². The molecule has 1 fully saturated rings. The summed E-state index contributed by atoms with van der Waals surface area (Å²) in [5.41, 5.74) is 0.345. The van der Waals surface area contributed by atoms with Crippen LogP contribution in [0.1, 0.15) is 30.6 Å². The second kappa shape index (κ2) is 6.06. The van der Waals surface area contributed by atoms with Gasteiger partial charge in [-0.05, 0) is 36.5 Å². The minimum absolute atomic E-state index is 0.0557. The molecule has 2 N–H and O–H groups in total. The third kappa shape index (κ3) is 3.84. The topological polar surface area (TPSA) is 80.5 Å². The van der Waals surface area contributed by atoms with Crippen molar-refractivity contribution in [2.45, 2.75) is 25.2 Å². The van der Waals surface area contributed by atoms with Crippen LogP contribution in [0.25, 0.3) is 0 Å². The molecule has 116 valence electrons. The van der Waals surface area contributed by atoms with Gasteiger partial charge in [0.2, 0.25) is 10.0 Å². The van der Waals surface area contributed by atoms with Crippen molar-refractivity contribution in [2.75, 3.05) is 13.1 Å². The van der Waals surface area contributed by atoms with Crippen molar-refractivity contribution in [2.24, 2.45) is 17.0 Å². The number of carbonyl (C=O) groups is 1. The zero-order chi connectivity index (χ0) is 15.8. The monoisotopic (exact) mass is 374 g/mol. The predicted molar refractivity (Wildman–Crippen MR) is 84.4 cm³/mol. The number of sulfonamides is 1. The minimum Gasteiger partial charge on any atom is -0.338 e. The van der Waals surface area contributed by atoms with Gasteiger partial charge in [0.1, 0.15) is 0 Å². The first kappa shape index (κ1) is 16.5. The lowest BCUT2D eigenvalue weighted by Crippen LogP contribution is -2.29. The second-order valence-corrected chi connectivity index (χ2v) is 8.24. The van der Waals surface area contributed by atoms with E-state index in [-0.39, 0.29) is 10.8 Å². The first-order valence-corrected chi connectivity index (χ1v) is 9.15. The van der Waals surface area contributed by atoms with Crippen LogP contribution in [0.3, 0.4) is 0 Å². The Labute approximate surface area is 133 Å². The van der Waals surface area contributed by atoms with E-state index in [1.54, 1.807) is 11.0 Å². The van der Waals surface area contributed by atoms with Gasteiger partial charge < -0.3 is 4.90 Å². The lowest BCUT2D eigenvalue weighted by Gasteiger charge is -2.18. The zero-order valence-electron chi connectivity index (χ0n) is 12.0. The van der Waals surface area contributed by atoms with Crippen LogP contribution in [0.15, 0.2) is 27.6 Å². The maximum absolute atomic E-state index is 12.5. The van der Waals surface area contributed by atoms with Gasteiger partial charge in [-0.1, -0.05) is 29.8 Å². The number of rotatable bonds is 3. The second-order valence-electron chi connectivity index (χ2n) is 5.76. The number of halogens is 1. The molecule has 0 aromatic heterocycles. The molecule has 1 heterocycles. The highest BCUT2D eigenvalue weighted by atomic mass is 79.9. The Balaban J connectivity index is 2.26. The molecule has 1 aliphatic heterocycles. The number of carbonyl (C=O) groups excluding carboxylic acids is 1. The SMILES string of the molecule is CC(C)C1CCN(C(=O)c2cc(Br)cc(S(N)(=O)=O)c2)C1. The molecule has 1 atom stereocenters. The Morgan fingerprint density at radius 2 is 2.05 bits per heavy atom. The van der Waals surface area contributed by atoms with Gasteiger partial charge in [-0.25, -0.2) is 13.6 Å². The summed E-state index contributed by atoms with van der Waals surface area (Å²) in [6, 6.07) is 4.36. The molecule has 1 aromatic rings. The number of likely N-dealkylation sites (tertiary alicyclic amines) is 1. The number of nitrogens with two attached hydrogens (primary N) is 1. The van der Waals surface area contributed by atoms with Crippen LogP contribution in [0.5, 0.6) is 0 Å². The Bertz CT molecular complexity index is 658. The fourth-order valence-corrected chi connectivity index (χ4v) is 3.78. The summed E-state index contributed by atoms with van der Waals surface area (Å²) in [6.45, 7) is 5.72. The van der Waals surface area contributed by atoms with Gasteiger partial charge in [0, 0.05) is 23.1 Å². The number of benzene rings is 1. The van der Waals surface area contributed by atoms with Crippen molar-refractivity contribution in [3.05, 3.63) is 28.2 Å². The molecule has 0 radical (unpaired) electrons. The van der Waals surface area contributed by atoms with Gasteiger partial charge in [0.25, 0.3) is 5.91 Å². The summed E-state index contributed by atoms with van der Waals surface area (Å²) in [5, 5.41) is 5.14. The van der Waals surface area contributed by atoms with E-state index >= 15 is 0 Å². The zero-order valence-corrected chi connectivity index (χ0v) is 14.4. The first-order chi connectivity index (χ1) is 9.68. The minimum atomic E-state index is -3.83. The molecule has 0 saturated carbocycles. The average Bonchev–Trinajstić information content (AvgIpc) is 2.85. The Morgan fingerprint density at radius 1 is 1.38 bits per heavy atom. The van der Waals surface area contributed by atoms with Gasteiger partial charge in [0.05, 0.1) is 4.90 Å². The molecule has 2 rings (SSSR count). The highest BCUT2D eigenvalue weighted by Gasteiger charge is 2.29. The predicted octanol–water partition coefficient (Wildman–Crippen LogP) is 2.21. The van der Waals surface area contributed by atoms with Gasteiger partial charge in [-0.15, -0.1) is 0 Å². The van der Waals surface area contributed by atoms with Gasteiger partial charge >= 0.3 is 0 Å². The molecule has 1 amide bonds. The molecule has 1 aromatic carbocycles. The molecule has 0 aliphatic carbocycles. The van der Waals surface area contributed by atoms with Crippen molar-refractivity contribution in [1.29, 1.82) is 0 Å². The van der Waals surface area contributed by atoms with Gasteiger partial charge in [0.15, 0.2) is 0 Å². The maximum Gasteiger partial charge on any atom is 0.253 e. The third-order valence-corrected chi connectivity index (χ3v) is 5.25. The molecule has 1 saturated heterocycles. The molecule has 1 unspecified atom stereocenters. The summed E-state index contributed by atoms with van der Waals surface area (Å²) < 4.78 is 23.4. The lowest BCUT2D eigenvalue weighted by atomic mass is 9.95. The normalized spacial score (nSPS) is 19.3. The maximum atomic E-state index is 12.5. The van der Waals surface area contributed by atoms with Crippen molar-refractivity contribution in [3.8, 4) is 0 Å². The molecule has 21 heavy (non-hydrogen) atoms. The van der Waals surface area contributed by atoms with E-state index in [0.717, 1.165) is 6.42 Å². The van der Waals surface area contributed by atoms with E-state index in [1.807, 2.05) is 0 Å². The fourth-order valence-electron chi connectivity index (χ4n) is 2.55. The highest BCUT2D eigenvalue weighted by Crippen LogP contribution is 2.26. The Kier molecular flexibility index (Phi) is 4.75. The number of amides is 1. The fraction of sp³-hybridized carbons (Fsp3) is 0.500. The summed E-state index contributed by atoms with van der Waals surface area (Å²) in [6.07, 6.45) is 0.986. The smallest absolute Gasteiger partial charge is 0.253 e. The molecule has 7 heteroatoms. The van der Waals surface area contributed by atoms with E-state index in [4.69, 9.17) is 5.14 Å². The Hall–Kier alpha value is -0.920. The molecule has 5 nitrogen and oxygen atoms in total. The largest absolute Gasteiger partial charge is 0.338 e. The van der Waals surface area contributed by atoms with E-state index in [2.05, 4.69) is 29.8 Å². The van der Waals surface area contributed by atoms with Crippen LogP contribution in [0.4, 0.5) is 0 Å². The third-order valence-electron chi connectivity index (χ3n) is 3.90. The van der Waals surface area contributed by atoms with Crippen molar-refractivity contribution >= 4 is 31.9 Å². The summed E-state index contributed by atoms with van der Waals surface area (Å²) in [7, 11) is -3.83. The number of nitrogens with zero attached hydrogens (tertiary/aromatic N) is 1. The summed E-state index contributed by atoms with van der Waals surface area (Å²) in [4.78, 5) is 14.2. The van der Waals surface area contributed by atoms with Crippen LogP contribution in [-0.2, 0) is 10.0 Å². The van der Waals surface area contributed by atoms with Crippen LogP contribution in [0, 0.1) is 11.8 Å². The van der Waals surface area contributed by atoms with Gasteiger partial charge in [-0.3, -0.25) is 4.79 Å². The molecule has 0 bridgehead atoms. The first-order valence-electron chi connectivity index (χ1n) is 6.81. The molecule has 1 aliphatic rings. The van der Waals surface area contributed by atoms with Crippen molar-refractivity contribution in [3.63, 3.8) is 0 Å². The summed E-state index contributed by atoms with van der Waals surface area (Å²) in [5.74, 6) is 0.883. The lowest BCUT2D eigenvalue weighted by molar-refractivity contribution is 0.0783. The number of primary sulfonamides is 1. The van der Waals surface area contributed by atoms with E-state index in [0.29, 0.717) is 35.0 Å². The van der Waals surface area contributed by atoms with Crippen LogP contribution >= 0.6 is 15.9 Å². The molecule has 0 spiro atoms.